The van der Waals surface area contributed by atoms with E-state index >= 15 is 0 Å². The zero-order valence-corrected chi connectivity index (χ0v) is 14.7. The second-order valence-corrected chi connectivity index (χ2v) is 5.92. The lowest BCUT2D eigenvalue weighted by atomic mass is 10.1. The zero-order valence-electron chi connectivity index (χ0n) is 14.7. The summed E-state index contributed by atoms with van der Waals surface area (Å²) < 4.78 is 5.18. The fraction of sp³-hybridized carbons (Fsp3) is 0.316. The maximum Gasteiger partial charge on any atom is 0.269 e. The van der Waals surface area contributed by atoms with Crippen molar-refractivity contribution >= 4 is 11.8 Å². The predicted octanol–water partition coefficient (Wildman–Crippen LogP) is 2.20. The van der Waals surface area contributed by atoms with Gasteiger partial charge in [-0.05, 0) is 50.1 Å². The normalized spacial score (nSPS) is 10.4. The van der Waals surface area contributed by atoms with Gasteiger partial charge >= 0.3 is 0 Å². The van der Waals surface area contributed by atoms with Gasteiger partial charge in [-0.1, -0.05) is 12.1 Å². The molecule has 6 heteroatoms. The number of nitrogens with one attached hydrogen (secondary N) is 2. The lowest BCUT2D eigenvalue weighted by molar-refractivity contribution is 0.0943. The lowest BCUT2D eigenvalue weighted by Gasteiger charge is -2.09. The molecule has 0 radical (unpaired) electrons. The molecule has 0 atom stereocenters. The molecule has 0 bridgehead atoms. The number of aromatic nitrogens is 1. The van der Waals surface area contributed by atoms with Crippen molar-refractivity contribution in [1.82, 2.24) is 15.6 Å². The average Bonchev–Trinajstić information content (AvgIpc) is 2.61. The predicted molar refractivity (Wildman–Crippen MR) is 95.9 cm³/mol. The van der Waals surface area contributed by atoms with Gasteiger partial charge in [0.15, 0.2) is 0 Å². The van der Waals surface area contributed by atoms with Crippen molar-refractivity contribution in [3.8, 4) is 5.75 Å². The van der Waals surface area contributed by atoms with Gasteiger partial charge in [0.1, 0.15) is 11.4 Å². The van der Waals surface area contributed by atoms with E-state index < -0.39 is 0 Å². The average molecular weight is 341 g/mol. The van der Waals surface area contributed by atoms with Crippen molar-refractivity contribution in [3.05, 3.63) is 59.4 Å². The van der Waals surface area contributed by atoms with Crippen molar-refractivity contribution in [2.75, 3.05) is 13.7 Å². The van der Waals surface area contributed by atoms with E-state index in [2.05, 4.69) is 15.6 Å². The van der Waals surface area contributed by atoms with Gasteiger partial charge in [-0.25, -0.2) is 0 Å². The summed E-state index contributed by atoms with van der Waals surface area (Å²) in [7, 11) is 1.62. The molecule has 0 aliphatic rings. The minimum absolute atomic E-state index is 0.0285. The van der Waals surface area contributed by atoms with Gasteiger partial charge in [0.25, 0.3) is 11.8 Å². The Morgan fingerprint density at radius 3 is 2.68 bits per heavy atom. The first-order valence-corrected chi connectivity index (χ1v) is 8.17. The summed E-state index contributed by atoms with van der Waals surface area (Å²) in [4.78, 5) is 28.3. The molecule has 2 aromatic rings. The first kappa shape index (κ1) is 18.4. The summed E-state index contributed by atoms with van der Waals surface area (Å²) in [6.45, 7) is 4.23. The quantitative estimate of drug-likeness (QED) is 0.809. The fourth-order valence-corrected chi connectivity index (χ4v) is 2.28. The summed E-state index contributed by atoms with van der Waals surface area (Å²) in [5.74, 6) is 0.263. The molecular weight excluding hydrogens is 318 g/mol. The van der Waals surface area contributed by atoms with Crippen LogP contribution in [0.3, 0.4) is 0 Å². The molecule has 2 amide bonds. The second kappa shape index (κ2) is 8.82. The highest BCUT2D eigenvalue weighted by Crippen LogP contribution is 2.12. The van der Waals surface area contributed by atoms with Crippen LogP contribution in [0.5, 0.6) is 5.75 Å². The van der Waals surface area contributed by atoms with E-state index in [-0.39, 0.29) is 23.6 Å². The molecule has 2 N–H and O–H groups in total. The zero-order chi connectivity index (χ0) is 18.2. The molecule has 0 aliphatic carbocycles. The van der Waals surface area contributed by atoms with Crippen LogP contribution in [0.2, 0.25) is 0 Å². The first-order chi connectivity index (χ1) is 12.0. The van der Waals surface area contributed by atoms with Crippen LogP contribution in [0, 0.1) is 0 Å². The third-order valence-electron chi connectivity index (χ3n) is 3.51. The van der Waals surface area contributed by atoms with Gasteiger partial charge in [0.2, 0.25) is 0 Å². The van der Waals surface area contributed by atoms with E-state index in [4.69, 9.17) is 4.74 Å². The minimum Gasteiger partial charge on any atom is -0.497 e. The van der Waals surface area contributed by atoms with Crippen LogP contribution in [-0.4, -0.2) is 36.5 Å². The molecule has 0 unspecified atom stereocenters. The highest BCUT2D eigenvalue weighted by atomic mass is 16.5. The maximum absolute atomic E-state index is 12.2. The van der Waals surface area contributed by atoms with E-state index in [1.54, 1.807) is 13.2 Å². The summed E-state index contributed by atoms with van der Waals surface area (Å²) in [5, 5.41) is 5.61. The Morgan fingerprint density at radius 1 is 1.16 bits per heavy atom. The Kier molecular flexibility index (Phi) is 6.51. The van der Waals surface area contributed by atoms with Crippen LogP contribution >= 0.6 is 0 Å². The van der Waals surface area contributed by atoms with E-state index in [0.29, 0.717) is 18.5 Å². The van der Waals surface area contributed by atoms with E-state index in [1.807, 2.05) is 38.1 Å². The number of benzene rings is 1. The summed E-state index contributed by atoms with van der Waals surface area (Å²) in [5.41, 5.74) is 1.71. The molecule has 2 rings (SSSR count). The van der Waals surface area contributed by atoms with Crippen molar-refractivity contribution in [3.63, 3.8) is 0 Å². The fourth-order valence-electron chi connectivity index (χ4n) is 2.28. The third-order valence-corrected chi connectivity index (χ3v) is 3.51. The van der Waals surface area contributed by atoms with Crippen LogP contribution in [0.4, 0.5) is 0 Å². The Hall–Kier alpha value is -2.89. The number of carbonyl (C=O) groups excluding carboxylic acids is 2. The number of ether oxygens (including phenoxy) is 1. The molecule has 0 spiro atoms. The van der Waals surface area contributed by atoms with Crippen molar-refractivity contribution in [2.45, 2.75) is 26.3 Å². The lowest BCUT2D eigenvalue weighted by Crippen LogP contribution is -2.31. The largest absolute Gasteiger partial charge is 0.497 e. The Balaban J connectivity index is 1.93. The molecule has 132 valence electrons. The standard InChI is InChI=1S/C19H23N3O3/c1-13(2)22-18(23)15-8-10-20-17(12-15)19(24)21-9-7-14-5-4-6-16(11-14)25-3/h4-6,8,10-13H,7,9H2,1-3H3,(H,21,24)(H,22,23). The number of pyridine rings is 1. The van der Waals surface area contributed by atoms with Gasteiger partial charge < -0.3 is 15.4 Å². The Bertz CT molecular complexity index is 744. The summed E-state index contributed by atoms with van der Waals surface area (Å²) >= 11 is 0. The minimum atomic E-state index is -0.304. The highest BCUT2D eigenvalue weighted by Gasteiger charge is 2.12. The second-order valence-electron chi connectivity index (χ2n) is 5.92. The summed E-state index contributed by atoms with van der Waals surface area (Å²) in [6.07, 6.45) is 2.14. The molecule has 0 aliphatic heterocycles. The first-order valence-electron chi connectivity index (χ1n) is 8.17. The van der Waals surface area contributed by atoms with Crippen molar-refractivity contribution in [1.29, 1.82) is 0 Å². The Morgan fingerprint density at radius 2 is 1.96 bits per heavy atom. The number of carbonyl (C=O) groups is 2. The van der Waals surface area contributed by atoms with Gasteiger partial charge in [-0.2, -0.15) is 0 Å². The van der Waals surface area contributed by atoms with Crippen LogP contribution in [0.1, 0.15) is 40.3 Å². The molecule has 1 aromatic heterocycles. The number of hydrogen-bond acceptors (Lipinski definition) is 4. The number of nitrogens with zero attached hydrogens (tertiary/aromatic N) is 1. The molecule has 0 fully saturated rings. The number of rotatable bonds is 7. The molecule has 1 aromatic carbocycles. The van der Waals surface area contributed by atoms with Crippen molar-refractivity contribution in [2.24, 2.45) is 0 Å². The molecule has 0 saturated heterocycles. The molecule has 25 heavy (non-hydrogen) atoms. The highest BCUT2D eigenvalue weighted by molar-refractivity contribution is 5.98. The van der Waals surface area contributed by atoms with Gasteiger partial charge in [-0.3, -0.25) is 14.6 Å². The molecular formula is C19H23N3O3. The molecule has 6 nitrogen and oxygen atoms in total. The van der Waals surface area contributed by atoms with Crippen molar-refractivity contribution < 1.29 is 14.3 Å². The number of amides is 2. The van der Waals surface area contributed by atoms with Crippen LogP contribution < -0.4 is 15.4 Å². The van der Waals surface area contributed by atoms with Crippen LogP contribution in [0.15, 0.2) is 42.6 Å². The van der Waals surface area contributed by atoms with E-state index in [1.165, 1.54) is 12.3 Å². The van der Waals surface area contributed by atoms with Crippen LogP contribution in [-0.2, 0) is 6.42 Å². The smallest absolute Gasteiger partial charge is 0.269 e. The van der Waals surface area contributed by atoms with Gasteiger partial charge in [0, 0.05) is 24.3 Å². The van der Waals surface area contributed by atoms with Crippen LogP contribution in [0.25, 0.3) is 0 Å². The third kappa shape index (κ3) is 5.60. The number of hydrogen-bond donors (Lipinski definition) is 2. The Labute approximate surface area is 147 Å². The van der Waals surface area contributed by atoms with Gasteiger partial charge in [0.05, 0.1) is 7.11 Å². The summed E-state index contributed by atoms with van der Waals surface area (Å²) in [6, 6.07) is 10.8. The van der Waals surface area contributed by atoms with Gasteiger partial charge in [-0.15, -0.1) is 0 Å². The SMILES string of the molecule is COc1cccc(CCNC(=O)c2cc(C(=O)NC(C)C)ccn2)c1. The maximum atomic E-state index is 12.2. The monoisotopic (exact) mass is 341 g/mol. The van der Waals surface area contributed by atoms with E-state index in [9.17, 15) is 9.59 Å². The van der Waals surface area contributed by atoms with E-state index in [0.717, 1.165) is 11.3 Å². The molecule has 1 heterocycles. The number of methoxy groups -OCH3 is 1. The molecule has 0 saturated carbocycles. The topological polar surface area (TPSA) is 80.3 Å².